The Kier molecular flexibility index (Phi) is 3.02. The second-order valence-corrected chi connectivity index (χ2v) is 3.02. The highest BCUT2D eigenvalue weighted by Gasteiger charge is 2.58. The lowest BCUT2D eigenvalue weighted by atomic mass is 10.0. The minimum Gasteiger partial charge on any atom is -0.191 e. The van der Waals surface area contributed by atoms with E-state index in [1.54, 1.807) is 0 Å². The fourth-order valence-corrected chi connectivity index (χ4v) is 1.09. The summed E-state index contributed by atoms with van der Waals surface area (Å²) in [5.41, 5.74) is -0.701. The SMILES string of the molecule is [CH2]Cc1cccc(C(F)(F)C(F)(F)F)c1. The van der Waals surface area contributed by atoms with Crippen LogP contribution >= 0.6 is 0 Å². The summed E-state index contributed by atoms with van der Waals surface area (Å²) in [5.74, 6) is -4.81. The first-order chi connectivity index (χ1) is 6.79. The summed E-state index contributed by atoms with van der Waals surface area (Å²) in [6.45, 7) is 3.42. The summed E-state index contributed by atoms with van der Waals surface area (Å²) in [5, 5.41) is 0. The molecule has 0 spiro atoms. The fourth-order valence-electron chi connectivity index (χ4n) is 1.09. The molecule has 0 aliphatic heterocycles. The molecular formula is C10H8F5. The maximum Gasteiger partial charge on any atom is 0.458 e. The number of hydrogen-bond acceptors (Lipinski definition) is 0. The number of halogens is 5. The third-order valence-electron chi connectivity index (χ3n) is 1.93. The molecule has 0 aliphatic carbocycles. The van der Waals surface area contributed by atoms with E-state index in [-0.39, 0.29) is 6.42 Å². The van der Waals surface area contributed by atoms with E-state index in [2.05, 4.69) is 6.92 Å². The zero-order valence-electron chi connectivity index (χ0n) is 7.61. The van der Waals surface area contributed by atoms with Gasteiger partial charge in [-0.3, -0.25) is 0 Å². The zero-order valence-corrected chi connectivity index (χ0v) is 7.61. The number of rotatable bonds is 2. The first-order valence-electron chi connectivity index (χ1n) is 4.12. The Hall–Kier alpha value is -1.13. The van der Waals surface area contributed by atoms with Crippen molar-refractivity contribution >= 4 is 0 Å². The molecule has 1 radical (unpaired) electrons. The van der Waals surface area contributed by atoms with Gasteiger partial charge in [-0.05, 0) is 25.0 Å². The van der Waals surface area contributed by atoms with Crippen LogP contribution in [0.3, 0.4) is 0 Å². The molecule has 15 heavy (non-hydrogen) atoms. The average molecular weight is 223 g/mol. The summed E-state index contributed by atoms with van der Waals surface area (Å²) in [6, 6.07) is 4.19. The van der Waals surface area contributed by atoms with Gasteiger partial charge in [-0.1, -0.05) is 18.2 Å². The largest absolute Gasteiger partial charge is 0.458 e. The Morgan fingerprint density at radius 3 is 2.13 bits per heavy atom. The highest BCUT2D eigenvalue weighted by molar-refractivity contribution is 5.28. The molecular weight excluding hydrogens is 215 g/mol. The van der Waals surface area contributed by atoms with E-state index < -0.39 is 17.7 Å². The van der Waals surface area contributed by atoms with Gasteiger partial charge >= 0.3 is 12.1 Å². The van der Waals surface area contributed by atoms with Crippen molar-refractivity contribution in [3.8, 4) is 0 Å². The van der Waals surface area contributed by atoms with E-state index in [0.29, 0.717) is 5.56 Å². The van der Waals surface area contributed by atoms with Crippen LogP contribution in [0.4, 0.5) is 22.0 Å². The van der Waals surface area contributed by atoms with Crippen molar-refractivity contribution < 1.29 is 22.0 Å². The van der Waals surface area contributed by atoms with Gasteiger partial charge in [0, 0.05) is 5.56 Å². The monoisotopic (exact) mass is 223 g/mol. The first kappa shape index (κ1) is 11.9. The van der Waals surface area contributed by atoms with Crippen molar-refractivity contribution in [2.75, 3.05) is 0 Å². The third-order valence-corrected chi connectivity index (χ3v) is 1.93. The van der Waals surface area contributed by atoms with Crippen LogP contribution in [0, 0.1) is 6.92 Å². The van der Waals surface area contributed by atoms with Gasteiger partial charge in [-0.25, -0.2) is 0 Å². The van der Waals surface area contributed by atoms with E-state index in [9.17, 15) is 22.0 Å². The highest BCUT2D eigenvalue weighted by atomic mass is 19.4. The maximum absolute atomic E-state index is 12.8. The molecule has 0 aliphatic rings. The summed E-state index contributed by atoms with van der Waals surface area (Å²) < 4.78 is 61.6. The van der Waals surface area contributed by atoms with E-state index in [0.717, 1.165) is 18.2 Å². The summed E-state index contributed by atoms with van der Waals surface area (Å²) in [4.78, 5) is 0. The molecule has 0 nitrogen and oxygen atoms in total. The van der Waals surface area contributed by atoms with Crippen molar-refractivity contribution in [2.24, 2.45) is 0 Å². The van der Waals surface area contributed by atoms with E-state index in [1.807, 2.05) is 0 Å². The van der Waals surface area contributed by atoms with Gasteiger partial charge in [-0.15, -0.1) is 0 Å². The van der Waals surface area contributed by atoms with Crippen LogP contribution in [-0.4, -0.2) is 6.18 Å². The molecule has 83 valence electrons. The van der Waals surface area contributed by atoms with E-state index >= 15 is 0 Å². The first-order valence-corrected chi connectivity index (χ1v) is 4.12. The molecule has 0 amide bonds. The number of alkyl halides is 5. The molecule has 0 bridgehead atoms. The predicted molar refractivity (Wildman–Crippen MR) is 45.5 cm³/mol. The number of benzene rings is 1. The zero-order chi connectivity index (χ0) is 11.7. The third kappa shape index (κ3) is 2.27. The minimum absolute atomic E-state index is 0.168. The molecule has 1 aromatic carbocycles. The van der Waals surface area contributed by atoms with Gasteiger partial charge in [-0.2, -0.15) is 22.0 Å². The molecule has 0 atom stereocenters. The Balaban J connectivity index is 3.15. The fraction of sp³-hybridized carbons (Fsp3) is 0.300. The van der Waals surface area contributed by atoms with Crippen LogP contribution in [0.15, 0.2) is 24.3 Å². The van der Waals surface area contributed by atoms with E-state index in [4.69, 9.17) is 0 Å². The Morgan fingerprint density at radius 2 is 1.67 bits per heavy atom. The van der Waals surface area contributed by atoms with Crippen molar-refractivity contribution in [2.45, 2.75) is 18.5 Å². The smallest absolute Gasteiger partial charge is 0.191 e. The Bertz CT molecular complexity index is 340. The van der Waals surface area contributed by atoms with Crippen molar-refractivity contribution in [1.82, 2.24) is 0 Å². The summed E-state index contributed by atoms with van der Waals surface area (Å²) in [6.07, 6.45) is -5.39. The average Bonchev–Trinajstić information content (AvgIpc) is 2.16. The maximum atomic E-state index is 12.8. The Morgan fingerprint density at radius 1 is 1.07 bits per heavy atom. The quantitative estimate of drug-likeness (QED) is 0.670. The van der Waals surface area contributed by atoms with Crippen LogP contribution < -0.4 is 0 Å². The van der Waals surface area contributed by atoms with Gasteiger partial charge < -0.3 is 0 Å². The van der Waals surface area contributed by atoms with Gasteiger partial charge in [0.15, 0.2) is 0 Å². The molecule has 1 aromatic rings. The molecule has 1 rings (SSSR count). The van der Waals surface area contributed by atoms with Crippen LogP contribution in [0.2, 0.25) is 0 Å². The second-order valence-electron chi connectivity index (χ2n) is 3.02. The molecule has 0 N–H and O–H groups in total. The Labute approximate surface area is 83.7 Å². The highest BCUT2D eigenvalue weighted by Crippen LogP contribution is 2.43. The van der Waals surface area contributed by atoms with Gasteiger partial charge in [0.2, 0.25) is 0 Å². The minimum atomic E-state index is -5.56. The standard InChI is InChI=1S/C10H8F5/c1-2-7-4-3-5-8(6-7)9(11,12)10(13,14)15/h3-6H,1-2H2. The number of hydrogen-bond donors (Lipinski definition) is 0. The molecule has 5 heteroatoms. The lowest BCUT2D eigenvalue weighted by molar-refractivity contribution is -0.289. The predicted octanol–water partition coefficient (Wildman–Crippen LogP) is 3.72. The van der Waals surface area contributed by atoms with Crippen LogP contribution in [0.1, 0.15) is 11.1 Å². The van der Waals surface area contributed by atoms with Crippen molar-refractivity contribution in [3.05, 3.63) is 42.3 Å². The van der Waals surface area contributed by atoms with Gasteiger partial charge in [0.1, 0.15) is 0 Å². The topological polar surface area (TPSA) is 0 Å². The van der Waals surface area contributed by atoms with Gasteiger partial charge in [0.25, 0.3) is 0 Å². The molecule has 0 saturated heterocycles. The van der Waals surface area contributed by atoms with Crippen LogP contribution in [0.25, 0.3) is 0 Å². The molecule has 0 unspecified atom stereocenters. The van der Waals surface area contributed by atoms with Crippen LogP contribution in [0.5, 0.6) is 0 Å². The van der Waals surface area contributed by atoms with Crippen molar-refractivity contribution in [3.63, 3.8) is 0 Å². The normalized spacial score (nSPS) is 12.9. The second kappa shape index (κ2) is 3.79. The van der Waals surface area contributed by atoms with Gasteiger partial charge in [0.05, 0.1) is 0 Å². The molecule has 0 aromatic heterocycles. The molecule has 0 saturated carbocycles. The summed E-state index contributed by atoms with van der Waals surface area (Å²) in [7, 11) is 0. The lowest BCUT2D eigenvalue weighted by Gasteiger charge is -2.20. The summed E-state index contributed by atoms with van der Waals surface area (Å²) >= 11 is 0. The van der Waals surface area contributed by atoms with Crippen molar-refractivity contribution in [1.29, 1.82) is 0 Å². The molecule has 0 heterocycles. The van der Waals surface area contributed by atoms with E-state index in [1.165, 1.54) is 6.07 Å². The molecule has 0 fully saturated rings. The van der Waals surface area contributed by atoms with Crippen LogP contribution in [-0.2, 0) is 12.3 Å². The lowest BCUT2D eigenvalue weighted by Crippen LogP contribution is -2.33.